The molecular formula is C14H15N3O3. The van der Waals surface area contributed by atoms with Gasteiger partial charge < -0.3 is 15.7 Å². The molecular weight excluding hydrogens is 258 g/mol. The second-order valence-electron chi connectivity index (χ2n) is 4.05. The van der Waals surface area contributed by atoms with Gasteiger partial charge >= 0.3 is 12.0 Å². The molecule has 1 aromatic carbocycles. The zero-order chi connectivity index (χ0) is 15.0. The molecule has 0 saturated heterocycles. The molecule has 3 N–H and O–H groups in total. The van der Waals surface area contributed by atoms with Crippen LogP contribution in [0.2, 0.25) is 0 Å². The lowest BCUT2D eigenvalue weighted by molar-refractivity contribution is -0.132. The van der Waals surface area contributed by atoms with Crippen molar-refractivity contribution >= 4 is 17.7 Å². The van der Waals surface area contributed by atoms with Crippen LogP contribution in [0.1, 0.15) is 18.9 Å². The first kappa shape index (κ1) is 15.2. The third-order valence-corrected chi connectivity index (χ3v) is 2.49. The summed E-state index contributed by atoms with van der Waals surface area (Å²) < 4.78 is 0. The Kier molecular flexibility index (Phi) is 5.78. The molecule has 0 radical (unpaired) electrons. The van der Waals surface area contributed by atoms with E-state index in [1.54, 1.807) is 30.3 Å². The molecule has 0 aliphatic carbocycles. The van der Waals surface area contributed by atoms with E-state index in [-0.39, 0.29) is 11.6 Å². The lowest BCUT2D eigenvalue weighted by Crippen LogP contribution is -2.29. The summed E-state index contributed by atoms with van der Waals surface area (Å²) in [5, 5.41) is 22.5. The molecule has 0 fully saturated rings. The Bertz CT molecular complexity index is 556. The van der Waals surface area contributed by atoms with E-state index in [4.69, 9.17) is 10.4 Å². The second-order valence-corrected chi connectivity index (χ2v) is 4.05. The van der Waals surface area contributed by atoms with E-state index in [0.717, 1.165) is 0 Å². The first-order chi connectivity index (χ1) is 9.52. The fourth-order valence-electron chi connectivity index (χ4n) is 1.37. The summed E-state index contributed by atoms with van der Waals surface area (Å²) in [7, 11) is 0. The van der Waals surface area contributed by atoms with Gasteiger partial charge in [-0.15, -0.1) is 0 Å². The molecule has 6 heteroatoms. The molecule has 0 atom stereocenters. The van der Waals surface area contributed by atoms with Crippen molar-refractivity contribution in [3.8, 4) is 6.07 Å². The maximum atomic E-state index is 11.5. The van der Waals surface area contributed by atoms with E-state index >= 15 is 0 Å². The van der Waals surface area contributed by atoms with Crippen molar-refractivity contribution < 1.29 is 14.7 Å². The predicted octanol–water partition coefficient (Wildman–Crippen LogP) is 2.10. The number of carboxylic acids is 1. The molecule has 0 heterocycles. The molecule has 2 amide bonds. The largest absolute Gasteiger partial charge is 0.478 e. The highest BCUT2D eigenvalue weighted by Gasteiger charge is 2.01. The quantitative estimate of drug-likeness (QED) is 0.564. The number of urea groups is 1. The van der Waals surface area contributed by atoms with E-state index in [1.165, 1.54) is 6.92 Å². The number of nitrogens with zero attached hydrogens (tertiary/aromatic N) is 1. The molecule has 0 aliphatic rings. The van der Waals surface area contributed by atoms with Gasteiger partial charge in [-0.2, -0.15) is 5.26 Å². The number of carbonyl (C=O) groups is 2. The summed E-state index contributed by atoms with van der Waals surface area (Å²) in [6.07, 6.45) is 1.99. The summed E-state index contributed by atoms with van der Waals surface area (Å²) in [5.74, 6) is -0.966. The molecule has 104 valence electrons. The number of carbonyl (C=O) groups excluding carboxylic acids is 1. The molecule has 0 bridgehead atoms. The van der Waals surface area contributed by atoms with Gasteiger partial charge in [0.25, 0.3) is 0 Å². The van der Waals surface area contributed by atoms with Crippen molar-refractivity contribution in [2.24, 2.45) is 0 Å². The standard InChI is InChI=1S/C14H15N3O3/c1-10(13(18)19)3-2-8-16-14(20)17-12-6-4-11(9-15)5-7-12/h3-7H,2,8H2,1H3,(H,18,19)(H2,16,17,20)/b10-3+. The summed E-state index contributed by atoms with van der Waals surface area (Å²) in [6, 6.07) is 8.08. The van der Waals surface area contributed by atoms with Gasteiger partial charge in [-0.05, 0) is 37.6 Å². The fourth-order valence-corrected chi connectivity index (χ4v) is 1.37. The van der Waals surface area contributed by atoms with Crippen LogP contribution in [0.15, 0.2) is 35.9 Å². The Hall–Kier alpha value is -2.81. The van der Waals surface area contributed by atoms with Crippen LogP contribution >= 0.6 is 0 Å². The molecule has 0 aromatic heterocycles. The molecule has 0 spiro atoms. The number of amides is 2. The minimum Gasteiger partial charge on any atom is -0.478 e. The molecule has 0 unspecified atom stereocenters. The number of aliphatic carboxylic acids is 1. The highest BCUT2D eigenvalue weighted by molar-refractivity contribution is 5.89. The SMILES string of the molecule is C/C(=C\CCNC(=O)Nc1ccc(C#N)cc1)C(=O)O. The van der Waals surface area contributed by atoms with Crippen molar-refractivity contribution in [3.05, 3.63) is 41.5 Å². The number of benzene rings is 1. The maximum absolute atomic E-state index is 11.5. The lowest BCUT2D eigenvalue weighted by Gasteiger charge is -2.06. The van der Waals surface area contributed by atoms with Crippen molar-refractivity contribution in [1.29, 1.82) is 5.26 Å². The number of nitriles is 1. The van der Waals surface area contributed by atoms with Crippen LogP contribution in [0.25, 0.3) is 0 Å². The van der Waals surface area contributed by atoms with Gasteiger partial charge in [0.2, 0.25) is 0 Å². The molecule has 0 aliphatic heterocycles. The normalized spacial score (nSPS) is 10.5. The highest BCUT2D eigenvalue weighted by Crippen LogP contribution is 2.08. The van der Waals surface area contributed by atoms with Crippen molar-refractivity contribution in [1.82, 2.24) is 5.32 Å². The predicted molar refractivity (Wildman–Crippen MR) is 74.2 cm³/mol. The topological polar surface area (TPSA) is 102 Å². The summed E-state index contributed by atoms with van der Waals surface area (Å²) in [6.45, 7) is 1.84. The Morgan fingerprint density at radius 3 is 2.55 bits per heavy atom. The second kappa shape index (κ2) is 7.59. The zero-order valence-corrected chi connectivity index (χ0v) is 11.0. The highest BCUT2D eigenvalue weighted by atomic mass is 16.4. The Morgan fingerprint density at radius 1 is 1.35 bits per heavy atom. The van der Waals surface area contributed by atoms with Gasteiger partial charge in [-0.3, -0.25) is 0 Å². The lowest BCUT2D eigenvalue weighted by atomic mass is 10.2. The smallest absolute Gasteiger partial charge is 0.330 e. The van der Waals surface area contributed by atoms with Crippen LogP contribution in [0.4, 0.5) is 10.5 Å². The number of nitrogens with one attached hydrogen (secondary N) is 2. The number of rotatable bonds is 5. The third kappa shape index (κ3) is 5.23. The molecule has 1 rings (SSSR count). The van der Waals surface area contributed by atoms with E-state index < -0.39 is 5.97 Å². The Balaban J connectivity index is 2.35. The van der Waals surface area contributed by atoms with Crippen LogP contribution < -0.4 is 10.6 Å². The van der Waals surface area contributed by atoms with Gasteiger partial charge in [-0.25, -0.2) is 9.59 Å². The van der Waals surface area contributed by atoms with Crippen LogP contribution in [-0.4, -0.2) is 23.7 Å². The number of hydrogen-bond donors (Lipinski definition) is 3. The van der Waals surface area contributed by atoms with E-state index in [9.17, 15) is 9.59 Å². The average Bonchev–Trinajstić information content (AvgIpc) is 2.44. The molecule has 1 aromatic rings. The average molecular weight is 273 g/mol. The van der Waals surface area contributed by atoms with Gasteiger partial charge in [0.05, 0.1) is 11.6 Å². The minimum absolute atomic E-state index is 0.249. The van der Waals surface area contributed by atoms with E-state index in [1.807, 2.05) is 6.07 Å². The minimum atomic E-state index is -0.966. The molecule has 20 heavy (non-hydrogen) atoms. The maximum Gasteiger partial charge on any atom is 0.330 e. The zero-order valence-electron chi connectivity index (χ0n) is 11.0. The number of carboxylic acid groups (broad SMARTS) is 1. The summed E-state index contributed by atoms with van der Waals surface area (Å²) >= 11 is 0. The van der Waals surface area contributed by atoms with Crippen LogP contribution in [0, 0.1) is 11.3 Å². The summed E-state index contributed by atoms with van der Waals surface area (Å²) in [4.78, 5) is 22.1. The van der Waals surface area contributed by atoms with Crippen LogP contribution in [0.5, 0.6) is 0 Å². The van der Waals surface area contributed by atoms with Gasteiger partial charge in [0.1, 0.15) is 0 Å². The monoisotopic (exact) mass is 273 g/mol. The summed E-state index contributed by atoms with van der Waals surface area (Å²) in [5.41, 5.74) is 1.35. The van der Waals surface area contributed by atoms with E-state index in [2.05, 4.69) is 10.6 Å². The third-order valence-electron chi connectivity index (χ3n) is 2.49. The van der Waals surface area contributed by atoms with Gasteiger partial charge in [-0.1, -0.05) is 6.08 Å². The number of hydrogen-bond acceptors (Lipinski definition) is 3. The molecule has 0 saturated carbocycles. The van der Waals surface area contributed by atoms with Crippen molar-refractivity contribution in [2.75, 3.05) is 11.9 Å². The van der Waals surface area contributed by atoms with Gasteiger partial charge in [0.15, 0.2) is 0 Å². The van der Waals surface area contributed by atoms with Crippen molar-refractivity contribution in [3.63, 3.8) is 0 Å². The first-order valence-corrected chi connectivity index (χ1v) is 5.98. The van der Waals surface area contributed by atoms with Crippen LogP contribution in [-0.2, 0) is 4.79 Å². The fraction of sp³-hybridized carbons (Fsp3) is 0.214. The van der Waals surface area contributed by atoms with E-state index in [0.29, 0.717) is 24.2 Å². The number of anilines is 1. The Labute approximate surface area is 116 Å². The molecule has 6 nitrogen and oxygen atoms in total. The van der Waals surface area contributed by atoms with Gasteiger partial charge in [0, 0.05) is 17.8 Å². The first-order valence-electron chi connectivity index (χ1n) is 5.98. The van der Waals surface area contributed by atoms with Crippen LogP contribution in [0.3, 0.4) is 0 Å². The Morgan fingerprint density at radius 2 is 2.00 bits per heavy atom. The van der Waals surface area contributed by atoms with Crippen molar-refractivity contribution in [2.45, 2.75) is 13.3 Å².